The van der Waals surface area contributed by atoms with Crippen LogP contribution < -0.4 is 5.32 Å². The number of rotatable bonds is 9. The molecule has 2 unspecified atom stereocenters. The number of ether oxygens (including phenoxy) is 1. The number of carbonyl (C=O) groups is 2. The molecule has 0 fully saturated rings. The molecule has 5 nitrogen and oxygen atoms in total. The molecule has 1 amide bonds. The lowest BCUT2D eigenvalue weighted by molar-refractivity contribution is -0.144. The van der Waals surface area contributed by atoms with Gasteiger partial charge in [0.2, 0.25) is 5.91 Å². The predicted octanol–water partition coefficient (Wildman–Crippen LogP) is 2.25. The average Bonchev–Trinajstić information content (AvgIpc) is 2.46. The SMILES string of the molecule is CC(C)CCOC(C)C(=O)NC(Cc1ccccc1)C(=O)O. The number of hydrogen-bond acceptors (Lipinski definition) is 3. The van der Waals surface area contributed by atoms with E-state index in [-0.39, 0.29) is 6.42 Å². The number of carboxylic acids is 1. The van der Waals surface area contributed by atoms with Crippen LogP contribution in [0.2, 0.25) is 0 Å². The van der Waals surface area contributed by atoms with Crippen LogP contribution in [-0.2, 0) is 20.7 Å². The van der Waals surface area contributed by atoms with Crippen molar-refractivity contribution >= 4 is 11.9 Å². The highest BCUT2D eigenvalue weighted by molar-refractivity contribution is 5.86. The first-order valence-corrected chi connectivity index (χ1v) is 7.59. The van der Waals surface area contributed by atoms with Gasteiger partial charge >= 0.3 is 5.97 Å². The van der Waals surface area contributed by atoms with Crippen LogP contribution in [-0.4, -0.2) is 35.7 Å². The Balaban J connectivity index is 2.52. The Kier molecular flexibility index (Phi) is 7.60. The van der Waals surface area contributed by atoms with Crippen molar-refractivity contribution in [3.05, 3.63) is 35.9 Å². The molecule has 0 saturated carbocycles. The van der Waals surface area contributed by atoms with Crippen LogP contribution in [0.3, 0.4) is 0 Å². The minimum absolute atomic E-state index is 0.251. The maximum absolute atomic E-state index is 12.0. The van der Waals surface area contributed by atoms with Gasteiger partial charge in [-0.15, -0.1) is 0 Å². The fraction of sp³-hybridized carbons (Fsp3) is 0.529. The van der Waals surface area contributed by atoms with Gasteiger partial charge in [-0.3, -0.25) is 4.79 Å². The molecule has 22 heavy (non-hydrogen) atoms. The van der Waals surface area contributed by atoms with E-state index in [9.17, 15) is 14.7 Å². The Morgan fingerprint density at radius 2 is 1.82 bits per heavy atom. The van der Waals surface area contributed by atoms with E-state index in [0.717, 1.165) is 12.0 Å². The Hall–Kier alpha value is -1.88. The van der Waals surface area contributed by atoms with Crippen molar-refractivity contribution in [1.29, 1.82) is 0 Å². The standard InChI is InChI=1S/C17H25NO4/c1-12(2)9-10-22-13(3)16(19)18-15(17(20)21)11-14-7-5-4-6-8-14/h4-8,12-13,15H,9-11H2,1-3H3,(H,18,19)(H,20,21). The highest BCUT2D eigenvalue weighted by Gasteiger charge is 2.23. The van der Waals surface area contributed by atoms with Gasteiger partial charge in [0.15, 0.2) is 0 Å². The molecule has 0 spiro atoms. The van der Waals surface area contributed by atoms with Gasteiger partial charge in [-0.1, -0.05) is 44.2 Å². The Labute approximate surface area is 131 Å². The molecule has 2 N–H and O–H groups in total. The van der Waals surface area contributed by atoms with E-state index in [4.69, 9.17) is 4.74 Å². The minimum atomic E-state index is -1.05. The zero-order chi connectivity index (χ0) is 16.5. The van der Waals surface area contributed by atoms with Crippen molar-refractivity contribution in [2.45, 2.75) is 45.8 Å². The largest absolute Gasteiger partial charge is 0.480 e. The van der Waals surface area contributed by atoms with Crippen molar-refractivity contribution in [3.8, 4) is 0 Å². The molecule has 1 aromatic carbocycles. The zero-order valence-corrected chi connectivity index (χ0v) is 13.4. The Morgan fingerprint density at radius 1 is 1.18 bits per heavy atom. The Bertz CT molecular complexity index is 473. The van der Waals surface area contributed by atoms with Crippen LogP contribution in [0, 0.1) is 5.92 Å². The molecule has 122 valence electrons. The summed E-state index contributed by atoms with van der Waals surface area (Å²) in [5.41, 5.74) is 0.864. The van der Waals surface area contributed by atoms with Crippen molar-refractivity contribution in [3.63, 3.8) is 0 Å². The smallest absolute Gasteiger partial charge is 0.326 e. The van der Waals surface area contributed by atoms with Gasteiger partial charge in [-0.2, -0.15) is 0 Å². The second kappa shape index (κ2) is 9.20. The number of amides is 1. The number of carboxylic acid groups (broad SMARTS) is 1. The maximum atomic E-state index is 12.0. The number of carbonyl (C=O) groups excluding carboxylic acids is 1. The summed E-state index contributed by atoms with van der Waals surface area (Å²) in [4.78, 5) is 23.3. The Morgan fingerprint density at radius 3 is 2.36 bits per heavy atom. The molecule has 0 aromatic heterocycles. The maximum Gasteiger partial charge on any atom is 0.326 e. The molecule has 2 atom stereocenters. The zero-order valence-electron chi connectivity index (χ0n) is 13.4. The lowest BCUT2D eigenvalue weighted by Crippen LogP contribution is -2.46. The third-order valence-corrected chi connectivity index (χ3v) is 3.33. The molecule has 0 radical (unpaired) electrons. The van der Waals surface area contributed by atoms with E-state index in [1.165, 1.54) is 0 Å². The highest BCUT2D eigenvalue weighted by atomic mass is 16.5. The molecular formula is C17H25NO4. The minimum Gasteiger partial charge on any atom is -0.480 e. The van der Waals surface area contributed by atoms with Gasteiger partial charge in [0, 0.05) is 13.0 Å². The van der Waals surface area contributed by atoms with Gasteiger partial charge in [-0.25, -0.2) is 4.79 Å². The van der Waals surface area contributed by atoms with Gasteiger partial charge in [0.1, 0.15) is 12.1 Å². The molecule has 5 heteroatoms. The summed E-state index contributed by atoms with van der Waals surface area (Å²) in [6.45, 7) is 6.28. The molecule has 0 saturated heterocycles. The van der Waals surface area contributed by atoms with Crippen molar-refractivity contribution < 1.29 is 19.4 Å². The van der Waals surface area contributed by atoms with E-state index in [1.54, 1.807) is 6.92 Å². The molecular weight excluding hydrogens is 282 g/mol. The fourth-order valence-corrected chi connectivity index (χ4v) is 1.90. The van der Waals surface area contributed by atoms with E-state index < -0.39 is 24.0 Å². The normalized spacial score (nSPS) is 13.6. The molecule has 0 aliphatic rings. The summed E-state index contributed by atoms with van der Waals surface area (Å²) in [5.74, 6) is -0.946. The highest BCUT2D eigenvalue weighted by Crippen LogP contribution is 2.05. The number of aliphatic carboxylic acids is 1. The van der Waals surface area contributed by atoms with Crippen molar-refractivity contribution in [2.75, 3.05) is 6.61 Å². The lowest BCUT2D eigenvalue weighted by Gasteiger charge is -2.18. The summed E-state index contributed by atoms with van der Waals surface area (Å²) >= 11 is 0. The quantitative estimate of drug-likeness (QED) is 0.733. The summed E-state index contributed by atoms with van der Waals surface area (Å²) in [6, 6.07) is 8.27. The summed E-state index contributed by atoms with van der Waals surface area (Å²) in [5, 5.41) is 11.8. The number of hydrogen-bond donors (Lipinski definition) is 2. The third kappa shape index (κ3) is 6.72. The summed E-state index contributed by atoms with van der Waals surface area (Å²) in [7, 11) is 0. The van der Waals surface area contributed by atoms with Crippen LogP contribution in [0.25, 0.3) is 0 Å². The molecule has 1 aromatic rings. The van der Waals surface area contributed by atoms with Gasteiger partial charge in [0.25, 0.3) is 0 Å². The van der Waals surface area contributed by atoms with Gasteiger partial charge < -0.3 is 15.2 Å². The van der Waals surface area contributed by atoms with Crippen LogP contribution in [0.15, 0.2) is 30.3 Å². The molecule has 0 aliphatic heterocycles. The first kappa shape index (κ1) is 18.2. The van der Waals surface area contributed by atoms with Crippen molar-refractivity contribution in [2.24, 2.45) is 5.92 Å². The molecule has 0 aliphatic carbocycles. The van der Waals surface area contributed by atoms with E-state index in [2.05, 4.69) is 19.2 Å². The summed E-state index contributed by atoms with van der Waals surface area (Å²) in [6.07, 6.45) is 0.460. The van der Waals surface area contributed by atoms with E-state index in [0.29, 0.717) is 12.5 Å². The number of nitrogens with one attached hydrogen (secondary N) is 1. The van der Waals surface area contributed by atoms with Gasteiger partial charge in [0.05, 0.1) is 0 Å². The third-order valence-electron chi connectivity index (χ3n) is 3.33. The van der Waals surface area contributed by atoms with Crippen LogP contribution >= 0.6 is 0 Å². The molecule has 0 bridgehead atoms. The lowest BCUT2D eigenvalue weighted by atomic mass is 10.1. The van der Waals surface area contributed by atoms with Gasteiger partial charge in [-0.05, 0) is 24.8 Å². The topological polar surface area (TPSA) is 75.6 Å². The van der Waals surface area contributed by atoms with Crippen LogP contribution in [0.5, 0.6) is 0 Å². The molecule has 0 heterocycles. The fourth-order valence-electron chi connectivity index (χ4n) is 1.90. The first-order chi connectivity index (χ1) is 10.4. The monoisotopic (exact) mass is 307 g/mol. The predicted molar refractivity (Wildman–Crippen MR) is 84.6 cm³/mol. The average molecular weight is 307 g/mol. The summed E-state index contributed by atoms with van der Waals surface area (Å²) < 4.78 is 5.44. The van der Waals surface area contributed by atoms with Crippen molar-refractivity contribution in [1.82, 2.24) is 5.32 Å². The second-order valence-corrected chi connectivity index (χ2v) is 5.78. The van der Waals surface area contributed by atoms with E-state index in [1.807, 2.05) is 30.3 Å². The van der Waals surface area contributed by atoms with Crippen LogP contribution in [0.1, 0.15) is 32.8 Å². The van der Waals surface area contributed by atoms with E-state index >= 15 is 0 Å². The number of benzene rings is 1. The van der Waals surface area contributed by atoms with Crippen LogP contribution in [0.4, 0.5) is 0 Å². The first-order valence-electron chi connectivity index (χ1n) is 7.59. The second-order valence-electron chi connectivity index (χ2n) is 5.78. The molecule has 1 rings (SSSR count).